The van der Waals surface area contributed by atoms with E-state index in [-0.39, 0.29) is 16.6 Å². The van der Waals surface area contributed by atoms with Gasteiger partial charge in [-0.1, -0.05) is 28.9 Å². The van der Waals surface area contributed by atoms with Crippen LogP contribution in [-0.4, -0.2) is 39.8 Å². The van der Waals surface area contributed by atoms with Crippen molar-refractivity contribution in [2.24, 2.45) is 0 Å². The number of hydrogen-bond donors (Lipinski definition) is 0. The summed E-state index contributed by atoms with van der Waals surface area (Å²) in [6.45, 7) is 0. The maximum absolute atomic E-state index is 13.4. The first-order valence-electron chi connectivity index (χ1n) is 9.24. The molecule has 0 radical (unpaired) electrons. The first-order valence-corrected chi connectivity index (χ1v) is 11.9. The van der Waals surface area contributed by atoms with Crippen LogP contribution in [0.15, 0.2) is 63.3 Å². The smallest absolute Gasteiger partial charge is 0.269 e. The average molecular weight is 492 g/mol. The molecule has 4 aromatic rings. The summed E-state index contributed by atoms with van der Waals surface area (Å²) in [7, 11) is 0.513. The van der Waals surface area contributed by atoms with Crippen molar-refractivity contribution < 1.29 is 22.4 Å². The van der Waals surface area contributed by atoms with Gasteiger partial charge in [-0.2, -0.15) is 4.98 Å². The van der Waals surface area contributed by atoms with Crippen molar-refractivity contribution in [3.05, 3.63) is 58.9 Å². The molecule has 2 aromatic carbocycles. The van der Waals surface area contributed by atoms with Crippen LogP contribution in [0.1, 0.15) is 0 Å². The van der Waals surface area contributed by atoms with E-state index in [4.69, 9.17) is 25.6 Å². The maximum atomic E-state index is 13.4. The minimum Gasteiger partial charge on any atom is -0.493 e. The van der Waals surface area contributed by atoms with Gasteiger partial charge in [0.25, 0.3) is 15.9 Å². The molecular formula is C21H18ClN3O5S2. The van der Waals surface area contributed by atoms with Crippen LogP contribution >= 0.6 is 22.9 Å². The summed E-state index contributed by atoms with van der Waals surface area (Å²) in [4.78, 5) is 4.76. The van der Waals surface area contributed by atoms with Gasteiger partial charge >= 0.3 is 0 Å². The lowest BCUT2D eigenvalue weighted by molar-refractivity contribution is 0.355. The van der Waals surface area contributed by atoms with Gasteiger partial charge in [0.2, 0.25) is 5.82 Å². The van der Waals surface area contributed by atoms with Crippen molar-refractivity contribution >= 4 is 38.6 Å². The highest BCUT2D eigenvalue weighted by molar-refractivity contribution is 7.93. The van der Waals surface area contributed by atoms with Crippen LogP contribution < -0.4 is 13.8 Å². The van der Waals surface area contributed by atoms with E-state index < -0.39 is 10.0 Å². The molecule has 0 aliphatic heterocycles. The third kappa shape index (κ3) is 3.92. The summed E-state index contributed by atoms with van der Waals surface area (Å²) in [6.07, 6.45) is 0. The Balaban J connectivity index is 1.71. The Morgan fingerprint density at radius 1 is 1.06 bits per heavy atom. The second-order valence-corrected chi connectivity index (χ2v) is 9.79. The molecule has 4 rings (SSSR count). The Bertz CT molecular complexity index is 1370. The summed E-state index contributed by atoms with van der Waals surface area (Å²) in [5.41, 5.74) is 0.995. The number of halogens is 1. The quantitative estimate of drug-likeness (QED) is 0.360. The first kappa shape index (κ1) is 22.1. The van der Waals surface area contributed by atoms with E-state index in [1.807, 2.05) is 0 Å². The third-order valence-electron chi connectivity index (χ3n) is 4.73. The molecule has 0 aliphatic rings. The second kappa shape index (κ2) is 8.81. The predicted molar refractivity (Wildman–Crippen MR) is 123 cm³/mol. The minimum absolute atomic E-state index is 0.0501. The third-order valence-corrected chi connectivity index (χ3v) is 7.92. The fourth-order valence-electron chi connectivity index (χ4n) is 3.03. The molecule has 2 heterocycles. The molecule has 0 unspecified atom stereocenters. The van der Waals surface area contributed by atoms with Crippen molar-refractivity contribution in [2.75, 3.05) is 25.6 Å². The number of sulfonamides is 1. The van der Waals surface area contributed by atoms with Crippen LogP contribution in [0.2, 0.25) is 5.02 Å². The Kier molecular flexibility index (Phi) is 6.09. The molecule has 0 bridgehead atoms. The van der Waals surface area contributed by atoms with Crippen molar-refractivity contribution in [1.82, 2.24) is 10.1 Å². The number of rotatable bonds is 7. The van der Waals surface area contributed by atoms with Crippen molar-refractivity contribution in [3.63, 3.8) is 0 Å². The Labute approximate surface area is 194 Å². The van der Waals surface area contributed by atoms with Crippen molar-refractivity contribution in [2.45, 2.75) is 4.90 Å². The largest absolute Gasteiger partial charge is 0.493 e. The van der Waals surface area contributed by atoms with Gasteiger partial charge in [-0.05, 0) is 35.7 Å². The van der Waals surface area contributed by atoms with E-state index >= 15 is 0 Å². The number of methoxy groups -OCH3 is 2. The first-order chi connectivity index (χ1) is 15.4. The van der Waals surface area contributed by atoms with Crippen LogP contribution in [0.3, 0.4) is 0 Å². The second-order valence-electron chi connectivity index (χ2n) is 6.53. The van der Waals surface area contributed by atoms with Crippen LogP contribution in [-0.2, 0) is 10.0 Å². The number of hydrogen-bond acceptors (Lipinski definition) is 8. The van der Waals surface area contributed by atoms with E-state index in [0.717, 1.165) is 4.31 Å². The van der Waals surface area contributed by atoms with Crippen molar-refractivity contribution in [3.8, 4) is 33.7 Å². The van der Waals surface area contributed by atoms with Gasteiger partial charge in [-0.3, -0.25) is 4.31 Å². The number of benzene rings is 2. The molecule has 0 N–H and O–H groups in total. The lowest BCUT2D eigenvalue weighted by atomic mass is 10.2. The standard InChI is InChI=1S/C21H18ClN3O5S2/c1-25(13-8-9-16(28-2)17(12-13)29-3)32(26,27)18-10-11-31-19(18)21-23-20(24-30-21)14-6-4-5-7-15(14)22/h4-12H,1-3H3. The van der Waals surface area contributed by atoms with Gasteiger partial charge in [0.15, 0.2) is 11.5 Å². The van der Waals surface area contributed by atoms with Gasteiger partial charge in [-0.25, -0.2) is 8.42 Å². The summed E-state index contributed by atoms with van der Waals surface area (Å²) < 4.78 is 43.9. The number of anilines is 1. The molecule has 0 aliphatic carbocycles. The number of aromatic nitrogens is 2. The van der Waals surface area contributed by atoms with Gasteiger partial charge < -0.3 is 14.0 Å². The normalized spacial score (nSPS) is 11.4. The van der Waals surface area contributed by atoms with E-state index in [1.54, 1.807) is 47.8 Å². The number of thiophene rings is 1. The molecule has 0 saturated carbocycles. The molecule has 32 heavy (non-hydrogen) atoms. The van der Waals surface area contributed by atoms with Crippen LogP contribution in [0.5, 0.6) is 11.5 Å². The molecule has 0 amide bonds. The molecule has 0 saturated heterocycles. The number of ether oxygens (including phenoxy) is 2. The molecule has 11 heteroatoms. The van der Waals surface area contributed by atoms with E-state index in [2.05, 4.69) is 10.1 Å². The molecule has 2 aromatic heterocycles. The maximum Gasteiger partial charge on any atom is 0.269 e. The van der Waals surface area contributed by atoms with Gasteiger partial charge in [-0.15, -0.1) is 11.3 Å². The average Bonchev–Trinajstić information content (AvgIpc) is 3.48. The highest BCUT2D eigenvalue weighted by Gasteiger charge is 2.29. The molecule has 166 valence electrons. The highest BCUT2D eigenvalue weighted by atomic mass is 35.5. The Morgan fingerprint density at radius 3 is 2.53 bits per heavy atom. The van der Waals surface area contributed by atoms with Gasteiger partial charge in [0.05, 0.1) is 24.9 Å². The SMILES string of the molecule is COc1ccc(N(C)S(=O)(=O)c2ccsc2-c2nc(-c3ccccc3Cl)no2)cc1OC. The Hall–Kier alpha value is -3.08. The summed E-state index contributed by atoms with van der Waals surface area (Å²) in [6, 6.07) is 13.4. The minimum atomic E-state index is -3.94. The van der Waals surface area contributed by atoms with Crippen LogP contribution in [0, 0.1) is 0 Å². The summed E-state index contributed by atoms with van der Waals surface area (Å²) in [5.74, 6) is 1.28. The van der Waals surface area contributed by atoms with E-state index in [9.17, 15) is 8.42 Å². The van der Waals surface area contributed by atoms with Crippen LogP contribution in [0.4, 0.5) is 5.69 Å². The summed E-state index contributed by atoms with van der Waals surface area (Å²) in [5, 5.41) is 6.09. The molecule has 0 spiro atoms. The monoisotopic (exact) mass is 491 g/mol. The topological polar surface area (TPSA) is 94.8 Å². The molecule has 0 atom stereocenters. The van der Waals surface area contributed by atoms with E-state index in [1.165, 1.54) is 38.7 Å². The summed E-state index contributed by atoms with van der Waals surface area (Å²) >= 11 is 7.40. The van der Waals surface area contributed by atoms with Gasteiger partial charge in [0.1, 0.15) is 9.77 Å². The zero-order valence-electron chi connectivity index (χ0n) is 17.3. The molecular weight excluding hydrogens is 474 g/mol. The van der Waals surface area contributed by atoms with Crippen molar-refractivity contribution in [1.29, 1.82) is 0 Å². The fraction of sp³-hybridized carbons (Fsp3) is 0.143. The van der Waals surface area contributed by atoms with Crippen LogP contribution in [0.25, 0.3) is 22.2 Å². The molecule has 8 nitrogen and oxygen atoms in total. The lowest BCUT2D eigenvalue weighted by Gasteiger charge is -2.20. The zero-order valence-corrected chi connectivity index (χ0v) is 19.7. The highest BCUT2D eigenvalue weighted by Crippen LogP contribution is 2.38. The van der Waals surface area contributed by atoms with E-state index in [0.29, 0.717) is 32.6 Å². The number of nitrogens with zero attached hydrogens (tertiary/aromatic N) is 3. The molecule has 0 fully saturated rings. The lowest BCUT2D eigenvalue weighted by Crippen LogP contribution is -2.26. The zero-order chi connectivity index (χ0) is 22.9. The predicted octanol–water partition coefficient (Wildman–Crippen LogP) is 4.96. The Morgan fingerprint density at radius 2 is 1.81 bits per heavy atom. The van der Waals surface area contributed by atoms with Gasteiger partial charge in [0, 0.05) is 18.7 Å². The fourth-order valence-corrected chi connectivity index (χ4v) is 5.75.